The SMILES string of the molecule is O=C(c1ccc(Br)c(O)c1)N(CCCCl)C1CCC1. The molecule has 1 N–H and O–H groups in total. The monoisotopic (exact) mass is 345 g/mol. The second-order valence-electron chi connectivity index (χ2n) is 4.79. The number of hydrogen-bond acceptors (Lipinski definition) is 2. The number of alkyl halides is 1. The summed E-state index contributed by atoms with van der Waals surface area (Å²) in [5.41, 5.74) is 0.530. The van der Waals surface area contributed by atoms with Gasteiger partial charge >= 0.3 is 0 Å². The molecule has 0 aromatic heterocycles. The zero-order valence-electron chi connectivity index (χ0n) is 10.6. The molecule has 1 aromatic carbocycles. The average molecular weight is 347 g/mol. The third-order valence-corrected chi connectivity index (χ3v) is 4.44. The summed E-state index contributed by atoms with van der Waals surface area (Å²) in [6.07, 6.45) is 4.11. The van der Waals surface area contributed by atoms with E-state index >= 15 is 0 Å². The predicted molar refractivity (Wildman–Crippen MR) is 79.8 cm³/mol. The van der Waals surface area contributed by atoms with Crippen LogP contribution in [-0.4, -0.2) is 34.4 Å². The molecule has 0 unspecified atom stereocenters. The van der Waals surface area contributed by atoms with Gasteiger partial charge in [0.05, 0.1) is 4.47 Å². The molecular formula is C14H17BrClNO2. The van der Waals surface area contributed by atoms with E-state index in [2.05, 4.69) is 15.9 Å². The van der Waals surface area contributed by atoms with E-state index in [-0.39, 0.29) is 11.7 Å². The maximum Gasteiger partial charge on any atom is 0.254 e. The molecule has 1 aliphatic carbocycles. The Labute approximate surface area is 126 Å². The van der Waals surface area contributed by atoms with Gasteiger partial charge in [-0.1, -0.05) is 0 Å². The molecule has 19 heavy (non-hydrogen) atoms. The first-order valence-electron chi connectivity index (χ1n) is 6.49. The minimum atomic E-state index is -0.0161. The van der Waals surface area contributed by atoms with E-state index < -0.39 is 0 Å². The molecule has 1 aliphatic rings. The summed E-state index contributed by atoms with van der Waals surface area (Å²) in [6, 6.07) is 5.28. The average Bonchev–Trinajstić information content (AvgIpc) is 2.34. The number of hydrogen-bond donors (Lipinski definition) is 1. The summed E-state index contributed by atoms with van der Waals surface area (Å²) < 4.78 is 0.597. The van der Waals surface area contributed by atoms with Crippen molar-refractivity contribution in [2.24, 2.45) is 0 Å². The Hall–Kier alpha value is -0.740. The largest absolute Gasteiger partial charge is 0.507 e. The zero-order valence-corrected chi connectivity index (χ0v) is 13.0. The molecule has 0 bridgehead atoms. The molecule has 104 valence electrons. The van der Waals surface area contributed by atoms with Crippen molar-refractivity contribution in [1.82, 2.24) is 4.90 Å². The van der Waals surface area contributed by atoms with Crippen molar-refractivity contribution in [3.63, 3.8) is 0 Å². The molecule has 0 radical (unpaired) electrons. The van der Waals surface area contributed by atoms with Crippen LogP contribution in [0.3, 0.4) is 0 Å². The highest BCUT2D eigenvalue weighted by molar-refractivity contribution is 9.10. The van der Waals surface area contributed by atoms with Gasteiger partial charge in [-0.15, -0.1) is 11.6 Å². The van der Waals surface area contributed by atoms with Crippen LogP contribution in [0.1, 0.15) is 36.0 Å². The standard InChI is InChI=1S/C14H17BrClNO2/c15-12-6-5-10(9-13(12)18)14(19)17(8-2-7-16)11-3-1-4-11/h5-6,9,11,18H,1-4,7-8H2. The second-order valence-corrected chi connectivity index (χ2v) is 6.02. The molecule has 5 heteroatoms. The predicted octanol–water partition coefficient (Wildman–Crippen LogP) is 3.78. The molecule has 0 saturated heterocycles. The summed E-state index contributed by atoms with van der Waals surface area (Å²) in [5, 5.41) is 9.68. The van der Waals surface area contributed by atoms with Gasteiger partial charge in [-0.25, -0.2) is 0 Å². The minimum Gasteiger partial charge on any atom is -0.507 e. The Balaban J connectivity index is 2.15. The smallest absolute Gasteiger partial charge is 0.254 e. The number of aromatic hydroxyl groups is 1. The molecule has 0 aliphatic heterocycles. The topological polar surface area (TPSA) is 40.5 Å². The fraction of sp³-hybridized carbons (Fsp3) is 0.500. The van der Waals surface area contributed by atoms with E-state index in [9.17, 15) is 9.90 Å². The quantitative estimate of drug-likeness (QED) is 0.824. The lowest BCUT2D eigenvalue weighted by Gasteiger charge is -2.37. The maximum atomic E-state index is 12.5. The number of carbonyl (C=O) groups is 1. The highest BCUT2D eigenvalue weighted by Gasteiger charge is 2.29. The highest BCUT2D eigenvalue weighted by atomic mass is 79.9. The minimum absolute atomic E-state index is 0.0161. The number of amides is 1. The van der Waals surface area contributed by atoms with Crippen molar-refractivity contribution in [3.05, 3.63) is 28.2 Å². The van der Waals surface area contributed by atoms with E-state index in [1.54, 1.807) is 12.1 Å². The van der Waals surface area contributed by atoms with E-state index in [4.69, 9.17) is 11.6 Å². The van der Waals surface area contributed by atoms with Gasteiger partial charge in [0.1, 0.15) is 5.75 Å². The number of halogens is 2. The van der Waals surface area contributed by atoms with Crippen LogP contribution in [0, 0.1) is 0 Å². The van der Waals surface area contributed by atoms with Crippen LogP contribution in [-0.2, 0) is 0 Å². The van der Waals surface area contributed by atoms with Crippen LogP contribution in [0.15, 0.2) is 22.7 Å². The van der Waals surface area contributed by atoms with Crippen molar-refractivity contribution in [3.8, 4) is 5.75 Å². The first-order valence-corrected chi connectivity index (χ1v) is 7.81. The third kappa shape index (κ3) is 3.42. The lowest BCUT2D eigenvalue weighted by Crippen LogP contribution is -2.44. The Kier molecular flexibility index (Phi) is 5.11. The Morgan fingerprint density at radius 3 is 2.74 bits per heavy atom. The van der Waals surface area contributed by atoms with Crippen molar-refractivity contribution in [2.75, 3.05) is 12.4 Å². The summed E-state index contributed by atoms with van der Waals surface area (Å²) in [7, 11) is 0. The third-order valence-electron chi connectivity index (χ3n) is 3.50. The van der Waals surface area contributed by atoms with Crippen molar-refractivity contribution < 1.29 is 9.90 Å². The zero-order chi connectivity index (χ0) is 13.8. The van der Waals surface area contributed by atoms with Gasteiger partial charge in [0, 0.05) is 24.0 Å². The maximum absolute atomic E-state index is 12.5. The molecule has 0 spiro atoms. The number of phenols is 1. The summed E-state index contributed by atoms with van der Waals surface area (Å²) in [6.45, 7) is 0.684. The molecule has 1 fully saturated rings. The van der Waals surface area contributed by atoms with Crippen molar-refractivity contribution in [1.29, 1.82) is 0 Å². The van der Waals surface area contributed by atoms with Crippen LogP contribution in [0.4, 0.5) is 0 Å². The Morgan fingerprint density at radius 1 is 1.47 bits per heavy atom. The van der Waals surface area contributed by atoms with Gasteiger partial charge in [0.25, 0.3) is 5.91 Å². The fourth-order valence-corrected chi connectivity index (χ4v) is 2.56. The summed E-state index contributed by atoms with van der Waals surface area (Å²) >= 11 is 8.94. The molecule has 0 heterocycles. The van der Waals surface area contributed by atoms with Gasteiger partial charge in [-0.3, -0.25) is 4.79 Å². The molecule has 1 amide bonds. The first-order chi connectivity index (χ1) is 9.13. The van der Waals surface area contributed by atoms with Crippen LogP contribution >= 0.6 is 27.5 Å². The molecule has 1 saturated carbocycles. The Bertz CT molecular complexity index is 463. The molecule has 1 aromatic rings. The van der Waals surface area contributed by atoms with Crippen LogP contribution in [0.25, 0.3) is 0 Å². The van der Waals surface area contributed by atoms with Gasteiger partial charge in [-0.05, 0) is 59.8 Å². The van der Waals surface area contributed by atoms with E-state index in [0.717, 1.165) is 19.3 Å². The van der Waals surface area contributed by atoms with E-state index in [0.29, 0.717) is 28.5 Å². The lowest BCUT2D eigenvalue weighted by molar-refractivity contribution is 0.0580. The number of benzene rings is 1. The Morgan fingerprint density at radius 2 is 2.21 bits per heavy atom. The first kappa shape index (κ1) is 14.7. The number of carbonyl (C=O) groups excluding carboxylic acids is 1. The van der Waals surface area contributed by atoms with Crippen LogP contribution in [0.5, 0.6) is 5.75 Å². The molecular weight excluding hydrogens is 330 g/mol. The van der Waals surface area contributed by atoms with E-state index in [1.807, 2.05) is 4.90 Å². The molecule has 0 atom stereocenters. The second kappa shape index (κ2) is 6.62. The highest BCUT2D eigenvalue weighted by Crippen LogP contribution is 2.29. The number of rotatable bonds is 5. The van der Waals surface area contributed by atoms with Gasteiger partial charge in [-0.2, -0.15) is 0 Å². The van der Waals surface area contributed by atoms with Crippen molar-refractivity contribution >= 4 is 33.4 Å². The molecule has 3 nitrogen and oxygen atoms in total. The normalized spacial score (nSPS) is 15.1. The van der Waals surface area contributed by atoms with Gasteiger partial charge < -0.3 is 10.0 Å². The van der Waals surface area contributed by atoms with Crippen LogP contribution in [0.2, 0.25) is 0 Å². The van der Waals surface area contributed by atoms with Crippen LogP contribution < -0.4 is 0 Å². The number of nitrogens with zero attached hydrogens (tertiary/aromatic N) is 1. The molecule has 2 rings (SSSR count). The van der Waals surface area contributed by atoms with E-state index in [1.165, 1.54) is 12.5 Å². The summed E-state index contributed by atoms with van der Waals surface area (Å²) in [5.74, 6) is 0.636. The van der Waals surface area contributed by atoms with Crippen molar-refractivity contribution in [2.45, 2.75) is 31.7 Å². The summed E-state index contributed by atoms with van der Waals surface area (Å²) in [4.78, 5) is 14.4. The van der Waals surface area contributed by atoms with Gasteiger partial charge in [0.15, 0.2) is 0 Å². The number of phenolic OH excluding ortho intramolecular Hbond substituents is 1. The fourth-order valence-electron chi connectivity index (χ4n) is 2.19. The van der Waals surface area contributed by atoms with Gasteiger partial charge in [0.2, 0.25) is 0 Å². The lowest BCUT2D eigenvalue weighted by atomic mass is 9.91.